The summed E-state index contributed by atoms with van der Waals surface area (Å²) < 4.78 is 0. The van der Waals surface area contributed by atoms with Crippen LogP contribution in [0.25, 0.3) is 10.8 Å². The number of hydrogen-bond acceptors (Lipinski definition) is 2. The zero-order chi connectivity index (χ0) is 10.4. The summed E-state index contributed by atoms with van der Waals surface area (Å²) in [5, 5.41) is 11.7. The average molecular weight is 198 g/mol. The number of carbonyl (C=O) groups is 1. The van der Waals surface area contributed by atoms with Crippen molar-refractivity contribution in [3.8, 4) is 5.75 Å². The Kier molecular flexibility index (Phi) is 1.60. The molecule has 0 fully saturated rings. The Morgan fingerprint density at radius 1 is 1.07 bits per heavy atom. The van der Waals surface area contributed by atoms with Gasteiger partial charge < -0.3 is 5.11 Å². The predicted octanol–water partition coefficient (Wildman–Crippen LogP) is 2.67. The highest BCUT2D eigenvalue weighted by atomic mass is 16.3. The maximum atomic E-state index is 11.7. The van der Waals surface area contributed by atoms with E-state index in [-0.39, 0.29) is 5.78 Å². The molecule has 15 heavy (non-hydrogen) atoms. The predicted molar refractivity (Wildman–Crippen MR) is 58.3 cm³/mol. The molecule has 1 aliphatic rings. The van der Waals surface area contributed by atoms with E-state index in [1.807, 2.05) is 24.3 Å². The van der Waals surface area contributed by atoms with E-state index in [0.29, 0.717) is 18.6 Å². The number of phenols is 1. The lowest BCUT2D eigenvalue weighted by molar-refractivity contribution is 0.0981. The minimum absolute atomic E-state index is 0.179. The van der Waals surface area contributed by atoms with Gasteiger partial charge in [0, 0.05) is 17.5 Å². The van der Waals surface area contributed by atoms with Crippen LogP contribution < -0.4 is 0 Å². The van der Waals surface area contributed by atoms with Gasteiger partial charge in [-0.2, -0.15) is 0 Å². The first kappa shape index (κ1) is 8.48. The Hall–Kier alpha value is -1.83. The molecule has 0 spiro atoms. The molecular weight excluding hydrogens is 188 g/mol. The highest BCUT2D eigenvalue weighted by Gasteiger charge is 2.20. The van der Waals surface area contributed by atoms with Crippen LogP contribution in [0, 0.1) is 0 Å². The number of phenolic OH excluding ortho intramolecular Hbond substituents is 1. The standard InChI is InChI=1S/C13H10O2/c14-11-6-4-8-2-1-3-9-12(15)7-5-10(11)13(8)9/h1-4,6,14H,5,7H2. The Bertz CT molecular complexity index is 570. The molecule has 2 nitrogen and oxygen atoms in total. The Morgan fingerprint density at radius 3 is 2.80 bits per heavy atom. The third-order valence-electron chi connectivity index (χ3n) is 3.03. The van der Waals surface area contributed by atoms with E-state index >= 15 is 0 Å². The van der Waals surface area contributed by atoms with Crippen molar-refractivity contribution in [1.82, 2.24) is 0 Å². The van der Waals surface area contributed by atoms with Crippen molar-refractivity contribution in [3.63, 3.8) is 0 Å². The van der Waals surface area contributed by atoms with Crippen LogP contribution in [0.4, 0.5) is 0 Å². The third kappa shape index (κ3) is 1.08. The monoisotopic (exact) mass is 198 g/mol. The summed E-state index contributed by atoms with van der Waals surface area (Å²) in [6.07, 6.45) is 1.16. The number of rotatable bonds is 0. The minimum atomic E-state index is 0.179. The lowest BCUT2D eigenvalue weighted by Crippen LogP contribution is -2.09. The maximum absolute atomic E-state index is 11.7. The lowest BCUT2D eigenvalue weighted by atomic mass is 9.87. The number of carbonyl (C=O) groups excluding carboxylic acids is 1. The smallest absolute Gasteiger partial charge is 0.163 e. The molecule has 1 aliphatic carbocycles. The van der Waals surface area contributed by atoms with Crippen LogP contribution in [0.2, 0.25) is 0 Å². The van der Waals surface area contributed by atoms with Gasteiger partial charge in [-0.3, -0.25) is 4.79 Å². The second-order valence-corrected chi connectivity index (χ2v) is 3.89. The van der Waals surface area contributed by atoms with Gasteiger partial charge in [-0.15, -0.1) is 0 Å². The maximum Gasteiger partial charge on any atom is 0.163 e. The minimum Gasteiger partial charge on any atom is -0.508 e. The molecule has 0 atom stereocenters. The van der Waals surface area contributed by atoms with Crippen LogP contribution in [0.5, 0.6) is 5.75 Å². The van der Waals surface area contributed by atoms with E-state index in [1.165, 1.54) is 0 Å². The van der Waals surface area contributed by atoms with E-state index in [1.54, 1.807) is 6.07 Å². The van der Waals surface area contributed by atoms with E-state index < -0.39 is 0 Å². The summed E-state index contributed by atoms with van der Waals surface area (Å²) in [6.45, 7) is 0. The first-order valence-corrected chi connectivity index (χ1v) is 5.04. The molecule has 0 aliphatic heterocycles. The van der Waals surface area contributed by atoms with Crippen molar-refractivity contribution in [2.75, 3.05) is 0 Å². The first-order chi connectivity index (χ1) is 7.27. The molecule has 0 unspecified atom stereocenters. The van der Waals surface area contributed by atoms with Crippen LogP contribution in [0.1, 0.15) is 22.3 Å². The molecule has 3 rings (SSSR count). The number of hydrogen-bond donors (Lipinski definition) is 1. The zero-order valence-electron chi connectivity index (χ0n) is 8.16. The van der Waals surface area contributed by atoms with E-state index in [9.17, 15) is 9.90 Å². The third-order valence-corrected chi connectivity index (χ3v) is 3.03. The molecule has 0 amide bonds. The molecule has 2 aromatic carbocycles. The van der Waals surface area contributed by atoms with Crippen LogP contribution >= 0.6 is 0 Å². The van der Waals surface area contributed by atoms with E-state index in [0.717, 1.165) is 21.9 Å². The van der Waals surface area contributed by atoms with Crippen molar-refractivity contribution in [3.05, 3.63) is 41.5 Å². The van der Waals surface area contributed by atoms with Gasteiger partial charge in [0.05, 0.1) is 0 Å². The topological polar surface area (TPSA) is 37.3 Å². The van der Waals surface area contributed by atoms with Gasteiger partial charge in [-0.05, 0) is 23.3 Å². The van der Waals surface area contributed by atoms with Gasteiger partial charge in [-0.1, -0.05) is 24.3 Å². The second-order valence-electron chi connectivity index (χ2n) is 3.89. The average Bonchev–Trinajstić information content (AvgIpc) is 2.26. The molecule has 0 saturated carbocycles. The highest BCUT2D eigenvalue weighted by Crippen LogP contribution is 2.34. The fraction of sp³-hybridized carbons (Fsp3) is 0.154. The summed E-state index contributed by atoms with van der Waals surface area (Å²) in [4.78, 5) is 11.7. The Morgan fingerprint density at radius 2 is 1.93 bits per heavy atom. The van der Waals surface area contributed by atoms with Crippen molar-refractivity contribution in [2.45, 2.75) is 12.8 Å². The van der Waals surface area contributed by atoms with Crippen LogP contribution in [-0.2, 0) is 6.42 Å². The second kappa shape index (κ2) is 2.83. The van der Waals surface area contributed by atoms with Crippen LogP contribution in [0.15, 0.2) is 30.3 Å². The normalized spacial score (nSPS) is 14.5. The molecule has 74 valence electrons. The number of aryl methyl sites for hydroxylation is 1. The number of Topliss-reactive ketones (excluding diaryl/α,β-unsaturated/α-hetero) is 1. The van der Waals surface area contributed by atoms with Gasteiger partial charge in [0.1, 0.15) is 5.75 Å². The molecule has 0 aromatic heterocycles. The Labute approximate surface area is 87.2 Å². The molecule has 2 aromatic rings. The largest absolute Gasteiger partial charge is 0.508 e. The van der Waals surface area contributed by atoms with Gasteiger partial charge in [0.25, 0.3) is 0 Å². The van der Waals surface area contributed by atoms with Crippen molar-refractivity contribution >= 4 is 16.6 Å². The van der Waals surface area contributed by atoms with Gasteiger partial charge in [0.2, 0.25) is 0 Å². The van der Waals surface area contributed by atoms with E-state index in [4.69, 9.17) is 0 Å². The van der Waals surface area contributed by atoms with Gasteiger partial charge in [-0.25, -0.2) is 0 Å². The molecule has 0 saturated heterocycles. The zero-order valence-corrected chi connectivity index (χ0v) is 8.16. The van der Waals surface area contributed by atoms with Crippen molar-refractivity contribution in [1.29, 1.82) is 0 Å². The summed E-state index contributed by atoms with van der Waals surface area (Å²) in [6, 6.07) is 9.27. The van der Waals surface area contributed by atoms with Crippen molar-refractivity contribution < 1.29 is 9.90 Å². The highest BCUT2D eigenvalue weighted by molar-refractivity contribution is 6.11. The molecule has 0 heterocycles. The molecule has 1 N–H and O–H groups in total. The Balaban J connectivity index is 2.53. The van der Waals surface area contributed by atoms with E-state index in [2.05, 4.69) is 0 Å². The number of aromatic hydroxyl groups is 1. The lowest BCUT2D eigenvalue weighted by Gasteiger charge is -2.16. The summed E-state index contributed by atoms with van der Waals surface area (Å²) in [5.41, 5.74) is 1.67. The van der Waals surface area contributed by atoms with Crippen LogP contribution in [-0.4, -0.2) is 10.9 Å². The van der Waals surface area contributed by atoms with Gasteiger partial charge >= 0.3 is 0 Å². The fourth-order valence-electron chi connectivity index (χ4n) is 2.30. The summed E-state index contributed by atoms with van der Waals surface area (Å²) in [5.74, 6) is 0.487. The molecular formula is C13H10O2. The molecule has 2 heteroatoms. The summed E-state index contributed by atoms with van der Waals surface area (Å²) >= 11 is 0. The SMILES string of the molecule is O=C1CCc2c(O)ccc3cccc1c23. The van der Waals surface area contributed by atoms with Crippen LogP contribution in [0.3, 0.4) is 0 Å². The number of benzene rings is 2. The number of ketones is 1. The quantitative estimate of drug-likeness (QED) is 0.706. The fourth-order valence-corrected chi connectivity index (χ4v) is 2.30. The first-order valence-electron chi connectivity index (χ1n) is 5.04. The molecule has 0 radical (unpaired) electrons. The van der Waals surface area contributed by atoms with Gasteiger partial charge in [0.15, 0.2) is 5.78 Å². The summed E-state index contributed by atoms with van der Waals surface area (Å²) in [7, 11) is 0. The molecule has 0 bridgehead atoms. The van der Waals surface area contributed by atoms with Crippen molar-refractivity contribution in [2.24, 2.45) is 0 Å².